The Kier molecular flexibility index (Phi) is 4.60. The van der Waals surface area contributed by atoms with Gasteiger partial charge in [0.1, 0.15) is 5.51 Å². The molecular weight excluding hydrogens is 288 g/mol. The molecule has 0 fully saturated rings. The number of hydrogen-bond acceptors (Lipinski definition) is 5. The average molecular weight is 306 g/mol. The fourth-order valence-electron chi connectivity index (χ4n) is 2.34. The molecule has 0 spiro atoms. The Balaban J connectivity index is 2.30. The first-order chi connectivity index (χ1) is 9.43. The summed E-state index contributed by atoms with van der Waals surface area (Å²) in [6, 6.07) is 0. The Labute approximate surface area is 127 Å². The number of carbonyl (C=O) groups is 1. The first-order valence-electron chi connectivity index (χ1n) is 6.42. The van der Waals surface area contributed by atoms with Crippen molar-refractivity contribution in [2.24, 2.45) is 0 Å². The number of Topliss-reactive ketones (excluding diaryl/α,β-unsaturated/α-hetero) is 1. The van der Waals surface area contributed by atoms with Gasteiger partial charge in [-0.2, -0.15) is 0 Å². The molecular formula is C15H18N2OS2. The summed E-state index contributed by atoms with van der Waals surface area (Å²) in [5.74, 6) is 0.588. The van der Waals surface area contributed by atoms with E-state index < -0.39 is 0 Å². The van der Waals surface area contributed by atoms with Crippen molar-refractivity contribution in [3.05, 3.63) is 38.9 Å². The lowest BCUT2D eigenvalue weighted by atomic mass is 9.88. The van der Waals surface area contributed by atoms with Crippen molar-refractivity contribution in [2.75, 3.05) is 5.75 Å². The number of carbonyl (C=O) groups excluding carboxylic acids is 1. The van der Waals surface area contributed by atoms with E-state index in [4.69, 9.17) is 0 Å². The van der Waals surface area contributed by atoms with Crippen molar-refractivity contribution in [1.29, 1.82) is 0 Å². The van der Waals surface area contributed by atoms with Crippen LogP contribution < -0.4 is 0 Å². The summed E-state index contributed by atoms with van der Waals surface area (Å²) in [6.07, 6.45) is 0. The molecule has 0 saturated heterocycles. The van der Waals surface area contributed by atoms with Crippen LogP contribution in [0.3, 0.4) is 0 Å². The molecule has 3 nitrogen and oxygen atoms in total. The zero-order chi connectivity index (χ0) is 14.9. The normalized spacial score (nSPS) is 10.8. The van der Waals surface area contributed by atoms with Crippen LogP contribution in [-0.4, -0.2) is 21.7 Å². The van der Waals surface area contributed by atoms with E-state index in [-0.39, 0.29) is 5.78 Å². The number of nitrogens with zero attached hydrogens (tertiary/aromatic N) is 2. The van der Waals surface area contributed by atoms with E-state index in [9.17, 15) is 4.79 Å². The molecule has 0 aliphatic carbocycles. The van der Waals surface area contributed by atoms with Crippen molar-refractivity contribution in [1.82, 2.24) is 10.2 Å². The summed E-state index contributed by atoms with van der Waals surface area (Å²) >= 11 is 2.92. The fourth-order valence-corrected chi connectivity index (χ4v) is 3.70. The number of rotatable bonds is 4. The van der Waals surface area contributed by atoms with Crippen LogP contribution in [0.4, 0.5) is 0 Å². The molecule has 0 amide bonds. The minimum Gasteiger partial charge on any atom is -0.293 e. The largest absolute Gasteiger partial charge is 0.293 e. The second-order valence-electron chi connectivity index (χ2n) is 4.92. The van der Waals surface area contributed by atoms with Crippen LogP contribution in [0.5, 0.6) is 0 Å². The SMILES string of the molecule is Cc1c(C)c(C)c(C(=O)CSc2nncs2)c(C)c1C. The van der Waals surface area contributed by atoms with E-state index in [0.717, 1.165) is 21.0 Å². The van der Waals surface area contributed by atoms with Crippen LogP contribution in [0.2, 0.25) is 0 Å². The van der Waals surface area contributed by atoms with Gasteiger partial charge in [-0.25, -0.2) is 0 Å². The van der Waals surface area contributed by atoms with E-state index >= 15 is 0 Å². The van der Waals surface area contributed by atoms with Gasteiger partial charge in [-0.15, -0.1) is 10.2 Å². The fraction of sp³-hybridized carbons (Fsp3) is 0.400. The predicted molar refractivity (Wildman–Crippen MR) is 85.1 cm³/mol. The van der Waals surface area contributed by atoms with E-state index in [0.29, 0.717) is 5.75 Å². The molecule has 106 valence electrons. The van der Waals surface area contributed by atoms with Gasteiger partial charge in [-0.05, 0) is 62.4 Å². The van der Waals surface area contributed by atoms with Gasteiger partial charge in [0.2, 0.25) is 0 Å². The molecule has 0 aliphatic rings. The van der Waals surface area contributed by atoms with Crippen LogP contribution in [0, 0.1) is 34.6 Å². The first-order valence-corrected chi connectivity index (χ1v) is 8.29. The van der Waals surface area contributed by atoms with Crippen LogP contribution in [-0.2, 0) is 0 Å². The Bertz CT molecular complexity index is 619. The number of benzene rings is 1. The predicted octanol–water partition coefficient (Wildman–Crippen LogP) is 4.06. The molecule has 1 heterocycles. The number of ketones is 1. The van der Waals surface area contributed by atoms with Crippen molar-refractivity contribution in [3.63, 3.8) is 0 Å². The summed E-state index contributed by atoms with van der Waals surface area (Å²) in [5, 5.41) is 7.74. The third-order valence-electron chi connectivity index (χ3n) is 3.95. The van der Waals surface area contributed by atoms with Crippen molar-refractivity contribution < 1.29 is 4.79 Å². The average Bonchev–Trinajstić information content (AvgIpc) is 2.94. The molecule has 0 N–H and O–H groups in total. The van der Waals surface area contributed by atoms with Crippen molar-refractivity contribution in [2.45, 2.75) is 39.0 Å². The summed E-state index contributed by atoms with van der Waals surface area (Å²) in [4.78, 5) is 12.5. The lowest BCUT2D eigenvalue weighted by Crippen LogP contribution is -2.11. The standard InChI is InChI=1S/C15H18N2OS2/c1-8-9(2)11(4)14(12(5)10(8)3)13(18)6-19-15-17-16-7-20-15/h7H,6H2,1-5H3. The summed E-state index contributed by atoms with van der Waals surface area (Å²) < 4.78 is 0.842. The molecule has 1 aromatic heterocycles. The molecule has 0 saturated carbocycles. The van der Waals surface area contributed by atoms with Crippen LogP contribution in [0.1, 0.15) is 38.2 Å². The van der Waals surface area contributed by atoms with Gasteiger partial charge in [-0.3, -0.25) is 4.79 Å². The zero-order valence-corrected chi connectivity index (χ0v) is 14.0. The molecule has 0 atom stereocenters. The van der Waals surface area contributed by atoms with Gasteiger partial charge in [0, 0.05) is 5.56 Å². The molecule has 2 rings (SSSR count). The molecule has 0 radical (unpaired) electrons. The molecule has 0 aliphatic heterocycles. The highest BCUT2D eigenvalue weighted by molar-refractivity contribution is 8.01. The Morgan fingerprint density at radius 2 is 1.60 bits per heavy atom. The van der Waals surface area contributed by atoms with Gasteiger partial charge < -0.3 is 0 Å². The highest BCUT2D eigenvalue weighted by Crippen LogP contribution is 2.28. The third kappa shape index (κ3) is 2.79. The topological polar surface area (TPSA) is 42.9 Å². The second-order valence-corrected chi connectivity index (χ2v) is 6.97. The van der Waals surface area contributed by atoms with Crippen LogP contribution in [0.25, 0.3) is 0 Å². The Hall–Kier alpha value is -1.20. The van der Waals surface area contributed by atoms with E-state index in [1.165, 1.54) is 39.8 Å². The molecule has 2 aromatic rings. The van der Waals surface area contributed by atoms with Gasteiger partial charge >= 0.3 is 0 Å². The maximum Gasteiger partial charge on any atom is 0.174 e. The molecule has 0 bridgehead atoms. The summed E-state index contributed by atoms with van der Waals surface area (Å²) in [6.45, 7) is 10.4. The third-order valence-corrected chi connectivity index (χ3v) is 5.81. The summed E-state index contributed by atoms with van der Waals surface area (Å²) in [7, 11) is 0. The van der Waals surface area contributed by atoms with Gasteiger partial charge in [0.25, 0.3) is 0 Å². The van der Waals surface area contributed by atoms with Gasteiger partial charge in [-0.1, -0.05) is 23.1 Å². The number of aromatic nitrogens is 2. The zero-order valence-electron chi connectivity index (χ0n) is 12.4. The van der Waals surface area contributed by atoms with Crippen molar-refractivity contribution in [3.8, 4) is 0 Å². The lowest BCUT2D eigenvalue weighted by molar-refractivity contribution is 0.102. The second kappa shape index (κ2) is 6.06. The molecule has 20 heavy (non-hydrogen) atoms. The quantitative estimate of drug-likeness (QED) is 0.631. The molecule has 1 aromatic carbocycles. The maximum absolute atomic E-state index is 12.5. The first kappa shape index (κ1) is 15.2. The molecule has 0 unspecified atom stereocenters. The number of thioether (sulfide) groups is 1. The Morgan fingerprint density at radius 1 is 1.05 bits per heavy atom. The minimum atomic E-state index is 0.173. The lowest BCUT2D eigenvalue weighted by Gasteiger charge is -2.17. The maximum atomic E-state index is 12.5. The summed E-state index contributed by atoms with van der Waals surface area (Å²) in [5.41, 5.74) is 8.50. The van der Waals surface area contributed by atoms with Crippen molar-refractivity contribution >= 4 is 28.9 Å². The van der Waals surface area contributed by atoms with E-state index in [1.54, 1.807) is 5.51 Å². The van der Waals surface area contributed by atoms with Gasteiger partial charge in [0.05, 0.1) is 5.75 Å². The number of hydrogen-bond donors (Lipinski definition) is 0. The Morgan fingerprint density at radius 3 is 2.10 bits per heavy atom. The highest BCUT2D eigenvalue weighted by Gasteiger charge is 2.18. The molecule has 5 heteroatoms. The van der Waals surface area contributed by atoms with Crippen LogP contribution in [0.15, 0.2) is 9.85 Å². The van der Waals surface area contributed by atoms with E-state index in [1.807, 2.05) is 13.8 Å². The monoisotopic (exact) mass is 306 g/mol. The van der Waals surface area contributed by atoms with E-state index in [2.05, 4.69) is 31.0 Å². The highest BCUT2D eigenvalue weighted by atomic mass is 32.2. The smallest absolute Gasteiger partial charge is 0.174 e. The van der Waals surface area contributed by atoms with Gasteiger partial charge in [0.15, 0.2) is 10.1 Å². The van der Waals surface area contributed by atoms with Crippen LogP contribution >= 0.6 is 23.1 Å². The minimum absolute atomic E-state index is 0.173.